The van der Waals surface area contributed by atoms with E-state index in [9.17, 15) is 10.1 Å². The third kappa shape index (κ3) is 4.84. The van der Waals surface area contributed by atoms with Crippen LogP contribution < -0.4 is 9.47 Å². The van der Waals surface area contributed by atoms with E-state index in [1.807, 2.05) is 47.8 Å². The second kappa shape index (κ2) is 8.84. The fourth-order valence-electron chi connectivity index (χ4n) is 2.54. The van der Waals surface area contributed by atoms with Gasteiger partial charge in [-0.15, -0.1) is 11.3 Å². The van der Waals surface area contributed by atoms with Gasteiger partial charge in [0, 0.05) is 4.88 Å². The van der Waals surface area contributed by atoms with Gasteiger partial charge in [0.05, 0.1) is 25.2 Å². The van der Waals surface area contributed by atoms with Gasteiger partial charge in [0.15, 0.2) is 11.5 Å². The predicted octanol–water partition coefficient (Wildman–Crippen LogP) is 4.97. The summed E-state index contributed by atoms with van der Waals surface area (Å²) >= 11 is 1.51. The topological polar surface area (TPSA) is 59.3 Å². The van der Waals surface area contributed by atoms with Crippen molar-refractivity contribution < 1.29 is 14.3 Å². The summed E-state index contributed by atoms with van der Waals surface area (Å²) in [7, 11) is 1.52. The Morgan fingerprint density at radius 3 is 2.59 bits per heavy atom. The van der Waals surface area contributed by atoms with Crippen molar-refractivity contribution in [3.8, 4) is 17.6 Å². The molecule has 0 aliphatic rings. The highest BCUT2D eigenvalue weighted by Gasteiger charge is 2.12. The molecule has 3 rings (SSSR count). The Labute approximate surface area is 161 Å². The molecule has 0 bridgehead atoms. The number of methoxy groups -OCH3 is 1. The fourth-order valence-corrected chi connectivity index (χ4v) is 3.23. The van der Waals surface area contributed by atoms with Crippen molar-refractivity contribution in [1.82, 2.24) is 0 Å². The third-order valence-corrected chi connectivity index (χ3v) is 4.70. The first-order chi connectivity index (χ1) is 13.2. The highest BCUT2D eigenvalue weighted by molar-refractivity contribution is 7.10. The number of nitriles is 1. The number of allylic oxidation sites excluding steroid dienone is 1. The van der Waals surface area contributed by atoms with Crippen molar-refractivity contribution in [3.05, 3.63) is 82.0 Å². The number of hydrogen-bond acceptors (Lipinski definition) is 5. The first-order valence-corrected chi connectivity index (χ1v) is 9.16. The molecule has 2 aromatic carbocycles. The van der Waals surface area contributed by atoms with Crippen LogP contribution in [0.4, 0.5) is 0 Å². The Balaban J connectivity index is 1.80. The maximum Gasteiger partial charge on any atom is 0.316 e. The first kappa shape index (κ1) is 18.4. The highest BCUT2D eigenvalue weighted by Crippen LogP contribution is 2.30. The SMILES string of the molecule is COc1cc(/C=C(/C#N)c2ccccc2)ccc1OC(=O)Cc1cccs1. The number of benzene rings is 2. The number of esters is 1. The zero-order valence-corrected chi connectivity index (χ0v) is 15.5. The molecule has 0 spiro atoms. The average Bonchev–Trinajstić information content (AvgIpc) is 3.20. The Bertz CT molecular complexity index is 986. The minimum absolute atomic E-state index is 0.217. The summed E-state index contributed by atoms with van der Waals surface area (Å²) in [5, 5.41) is 11.4. The average molecular weight is 375 g/mol. The molecule has 27 heavy (non-hydrogen) atoms. The summed E-state index contributed by atoms with van der Waals surface area (Å²) in [5.74, 6) is 0.448. The lowest BCUT2D eigenvalue weighted by molar-refractivity contribution is -0.133. The molecule has 4 nitrogen and oxygen atoms in total. The van der Waals surface area contributed by atoms with Gasteiger partial charge in [-0.3, -0.25) is 4.79 Å². The highest BCUT2D eigenvalue weighted by atomic mass is 32.1. The number of nitrogens with zero attached hydrogens (tertiary/aromatic N) is 1. The molecule has 0 unspecified atom stereocenters. The van der Waals surface area contributed by atoms with Crippen LogP contribution in [0.5, 0.6) is 11.5 Å². The van der Waals surface area contributed by atoms with Gasteiger partial charge in [0.25, 0.3) is 0 Å². The summed E-state index contributed by atoms with van der Waals surface area (Å²) in [6.07, 6.45) is 1.99. The van der Waals surface area contributed by atoms with Gasteiger partial charge in [-0.25, -0.2) is 0 Å². The maximum absolute atomic E-state index is 12.1. The molecular weight excluding hydrogens is 358 g/mol. The molecule has 0 N–H and O–H groups in total. The zero-order valence-electron chi connectivity index (χ0n) is 14.7. The summed E-state index contributed by atoms with van der Waals surface area (Å²) in [6.45, 7) is 0. The smallest absolute Gasteiger partial charge is 0.316 e. The molecule has 0 amide bonds. The van der Waals surface area contributed by atoms with Gasteiger partial charge in [0.2, 0.25) is 0 Å². The number of thiophene rings is 1. The zero-order chi connectivity index (χ0) is 19.1. The van der Waals surface area contributed by atoms with Crippen LogP contribution in [0.2, 0.25) is 0 Å². The van der Waals surface area contributed by atoms with E-state index in [-0.39, 0.29) is 12.4 Å². The molecule has 1 heterocycles. The number of rotatable bonds is 6. The standard InChI is InChI=1S/C22H17NO3S/c1-25-21-13-16(12-18(15-23)17-6-3-2-4-7-17)9-10-20(21)26-22(24)14-19-8-5-11-27-19/h2-13H,14H2,1H3/b18-12-. The summed E-state index contributed by atoms with van der Waals surface area (Å²) < 4.78 is 10.8. The second-order valence-electron chi connectivity index (χ2n) is 5.68. The number of ether oxygens (including phenoxy) is 2. The fraction of sp³-hybridized carbons (Fsp3) is 0.0909. The molecular formula is C22H17NO3S. The maximum atomic E-state index is 12.1. The molecule has 0 saturated carbocycles. The molecule has 0 atom stereocenters. The molecule has 134 valence electrons. The van der Waals surface area contributed by atoms with Gasteiger partial charge < -0.3 is 9.47 Å². The predicted molar refractivity (Wildman–Crippen MR) is 107 cm³/mol. The normalized spacial score (nSPS) is 10.9. The van der Waals surface area contributed by atoms with Gasteiger partial charge in [-0.05, 0) is 40.8 Å². The van der Waals surface area contributed by atoms with E-state index in [0.717, 1.165) is 16.0 Å². The van der Waals surface area contributed by atoms with E-state index in [4.69, 9.17) is 9.47 Å². The molecule has 3 aromatic rings. The van der Waals surface area contributed by atoms with E-state index in [2.05, 4.69) is 6.07 Å². The van der Waals surface area contributed by atoms with Crippen LogP contribution in [0.3, 0.4) is 0 Å². The largest absolute Gasteiger partial charge is 0.493 e. The third-order valence-electron chi connectivity index (χ3n) is 3.83. The summed E-state index contributed by atoms with van der Waals surface area (Å²) in [5.41, 5.74) is 2.16. The molecule has 0 radical (unpaired) electrons. The molecule has 0 aliphatic heterocycles. The lowest BCUT2D eigenvalue weighted by Crippen LogP contribution is -2.11. The van der Waals surface area contributed by atoms with Crippen molar-refractivity contribution >= 4 is 29.0 Å². The van der Waals surface area contributed by atoms with Crippen molar-refractivity contribution in [2.75, 3.05) is 7.11 Å². The van der Waals surface area contributed by atoms with Crippen LogP contribution in [-0.4, -0.2) is 13.1 Å². The molecule has 0 aliphatic carbocycles. The van der Waals surface area contributed by atoms with Crippen molar-refractivity contribution in [2.24, 2.45) is 0 Å². The van der Waals surface area contributed by atoms with Crippen molar-refractivity contribution in [2.45, 2.75) is 6.42 Å². The lowest BCUT2D eigenvalue weighted by atomic mass is 10.0. The number of carbonyl (C=O) groups is 1. The van der Waals surface area contributed by atoms with Gasteiger partial charge in [0.1, 0.15) is 0 Å². The van der Waals surface area contributed by atoms with Crippen LogP contribution >= 0.6 is 11.3 Å². The Hall–Kier alpha value is -3.36. The Morgan fingerprint density at radius 1 is 1.11 bits per heavy atom. The van der Waals surface area contributed by atoms with Crippen LogP contribution in [0.1, 0.15) is 16.0 Å². The molecule has 0 saturated heterocycles. The van der Waals surface area contributed by atoms with Gasteiger partial charge >= 0.3 is 5.97 Å². The Kier molecular flexibility index (Phi) is 6.03. The Morgan fingerprint density at radius 2 is 1.93 bits per heavy atom. The van der Waals surface area contributed by atoms with Crippen LogP contribution in [0, 0.1) is 11.3 Å². The number of carbonyl (C=O) groups excluding carboxylic acids is 1. The minimum Gasteiger partial charge on any atom is -0.493 e. The number of hydrogen-bond donors (Lipinski definition) is 0. The molecule has 1 aromatic heterocycles. The van der Waals surface area contributed by atoms with Crippen LogP contribution in [-0.2, 0) is 11.2 Å². The first-order valence-electron chi connectivity index (χ1n) is 8.28. The van der Waals surface area contributed by atoms with Crippen LogP contribution in [0.25, 0.3) is 11.6 Å². The van der Waals surface area contributed by atoms with Gasteiger partial charge in [-0.2, -0.15) is 5.26 Å². The lowest BCUT2D eigenvalue weighted by Gasteiger charge is -2.10. The van der Waals surface area contributed by atoms with E-state index in [1.54, 1.807) is 24.3 Å². The van der Waals surface area contributed by atoms with Gasteiger partial charge in [-0.1, -0.05) is 42.5 Å². The minimum atomic E-state index is -0.346. The summed E-state index contributed by atoms with van der Waals surface area (Å²) in [6, 6.07) is 20.7. The van der Waals surface area contributed by atoms with E-state index >= 15 is 0 Å². The van der Waals surface area contributed by atoms with E-state index < -0.39 is 0 Å². The molecule has 0 fully saturated rings. The molecule has 5 heteroatoms. The van der Waals surface area contributed by atoms with E-state index in [0.29, 0.717) is 17.1 Å². The van der Waals surface area contributed by atoms with Crippen molar-refractivity contribution in [1.29, 1.82) is 5.26 Å². The van der Waals surface area contributed by atoms with Crippen LogP contribution in [0.15, 0.2) is 66.0 Å². The second-order valence-corrected chi connectivity index (χ2v) is 6.71. The van der Waals surface area contributed by atoms with E-state index in [1.165, 1.54) is 18.4 Å². The van der Waals surface area contributed by atoms with Crippen molar-refractivity contribution in [3.63, 3.8) is 0 Å². The monoisotopic (exact) mass is 375 g/mol. The summed E-state index contributed by atoms with van der Waals surface area (Å²) in [4.78, 5) is 13.1. The quantitative estimate of drug-likeness (QED) is 0.264.